The van der Waals surface area contributed by atoms with Crippen LogP contribution in [0.3, 0.4) is 0 Å². The molecule has 0 spiro atoms. The Hall–Kier alpha value is -1.56. The number of hydrogen-bond donors (Lipinski definition) is 3. The second-order valence-corrected chi connectivity index (χ2v) is 7.21. The SMILES string of the molecule is CC(C)(C)c1cc(NC(=O)NCCCO)n(C(C)(C)C)n1. The van der Waals surface area contributed by atoms with Crippen LogP contribution in [0, 0.1) is 0 Å². The molecule has 6 nitrogen and oxygen atoms in total. The Labute approximate surface area is 126 Å². The molecule has 1 aromatic rings. The summed E-state index contributed by atoms with van der Waals surface area (Å²) in [6.45, 7) is 12.9. The quantitative estimate of drug-likeness (QED) is 0.747. The molecule has 2 amide bonds. The number of aliphatic hydroxyl groups excluding tert-OH is 1. The van der Waals surface area contributed by atoms with Crippen molar-refractivity contribution in [3.8, 4) is 0 Å². The maximum absolute atomic E-state index is 11.9. The number of hydrogen-bond acceptors (Lipinski definition) is 3. The van der Waals surface area contributed by atoms with Crippen LogP contribution in [0.4, 0.5) is 10.6 Å². The first-order valence-corrected chi connectivity index (χ1v) is 7.32. The van der Waals surface area contributed by atoms with Crippen molar-refractivity contribution in [2.75, 3.05) is 18.5 Å². The van der Waals surface area contributed by atoms with E-state index in [9.17, 15) is 4.79 Å². The van der Waals surface area contributed by atoms with Crippen molar-refractivity contribution in [3.05, 3.63) is 11.8 Å². The van der Waals surface area contributed by atoms with Crippen LogP contribution in [-0.4, -0.2) is 34.1 Å². The number of aliphatic hydroxyl groups is 1. The summed E-state index contributed by atoms with van der Waals surface area (Å²) in [5, 5.41) is 18.9. The van der Waals surface area contributed by atoms with E-state index < -0.39 is 0 Å². The van der Waals surface area contributed by atoms with Crippen LogP contribution in [0.2, 0.25) is 0 Å². The summed E-state index contributed by atoms with van der Waals surface area (Å²) in [5.41, 5.74) is 0.625. The highest BCUT2D eigenvalue weighted by atomic mass is 16.3. The zero-order valence-corrected chi connectivity index (χ0v) is 13.9. The Morgan fingerprint density at radius 3 is 2.38 bits per heavy atom. The molecule has 0 bridgehead atoms. The van der Waals surface area contributed by atoms with Gasteiger partial charge >= 0.3 is 6.03 Å². The Morgan fingerprint density at radius 2 is 1.90 bits per heavy atom. The summed E-state index contributed by atoms with van der Waals surface area (Å²) in [7, 11) is 0. The van der Waals surface area contributed by atoms with Crippen LogP contribution < -0.4 is 10.6 Å². The summed E-state index contributed by atoms with van der Waals surface area (Å²) in [6, 6.07) is 1.63. The van der Waals surface area contributed by atoms with Gasteiger partial charge in [-0.05, 0) is 27.2 Å². The van der Waals surface area contributed by atoms with Crippen molar-refractivity contribution < 1.29 is 9.90 Å². The van der Waals surface area contributed by atoms with Gasteiger partial charge in [0.1, 0.15) is 5.82 Å². The third-order valence-corrected chi connectivity index (χ3v) is 2.98. The van der Waals surface area contributed by atoms with E-state index in [2.05, 4.69) is 36.5 Å². The molecule has 0 aliphatic heterocycles. The third kappa shape index (κ3) is 5.04. The average molecular weight is 296 g/mol. The molecule has 0 aliphatic carbocycles. The van der Waals surface area contributed by atoms with Crippen LogP contribution >= 0.6 is 0 Å². The van der Waals surface area contributed by atoms with Gasteiger partial charge in [-0.3, -0.25) is 5.32 Å². The first-order valence-electron chi connectivity index (χ1n) is 7.32. The van der Waals surface area contributed by atoms with Gasteiger partial charge in [0.2, 0.25) is 0 Å². The van der Waals surface area contributed by atoms with Crippen molar-refractivity contribution in [2.45, 2.75) is 58.9 Å². The molecule has 6 heteroatoms. The first-order chi connectivity index (χ1) is 9.55. The van der Waals surface area contributed by atoms with Gasteiger partial charge in [0.25, 0.3) is 0 Å². The lowest BCUT2D eigenvalue weighted by Gasteiger charge is -2.23. The van der Waals surface area contributed by atoms with Crippen LogP contribution in [0.5, 0.6) is 0 Å². The topological polar surface area (TPSA) is 79.2 Å². The van der Waals surface area contributed by atoms with Crippen molar-refractivity contribution in [2.24, 2.45) is 0 Å². The molecule has 0 fully saturated rings. The van der Waals surface area contributed by atoms with E-state index in [1.807, 2.05) is 31.5 Å². The molecule has 0 saturated carbocycles. The predicted molar refractivity (Wildman–Crippen MR) is 84.6 cm³/mol. The van der Waals surface area contributed by atoms with Crippen LogP contribution in [0.1, 0.15) is 53.7 Å². The molecular formula is C15H28N4O2. The minimum absolute atomic E-state index is 0.0639. The molecule has 0 saturated heterocycles. The molecule has 0 unspecified atom stereocenters. The van der Waals surface area contributed by atoms with E-state index in [-0.39, 0.29) is 23.6 Å². The van der Waals surface area contributed by atoms with Crippen molar-refractivity contribution >= 4 is 11.8 Å². The molecule has 0 radical (unpaired) electrons. The fourth-order valence-corrected chi connectivity index (χ4v) is 1.79. The molecule has 1 heterocycles. The van der Waals surface area contributed by atoms with Gasteiger partial charge in [0.05, 0.1) is 11.2 Å². The Kier molecular flexibility index (Phi) is 5.39. The second kappa shape index (κ2) is 6.47. The number of amides is 2. The van der Waals surface area contributed by atoms with Crippen molar-refractivity contribution in [3.63, 3.8) is 0 Å². The fourth-order valence-electron chi connectivity index (χ4n) is 1.79. The number of carbonyl (C=O) groups is 1. The number of nitrogens with zero attached hydrogens (tertiary/aromatic N) is 2. The molecule has 1 rings (SSSR count). The number of nitrogens with one attached hydrogen (secondary N) is 2. The highest BCUT2D eigenvalue weighted by Gasteiger charge is 2.25. The van der Waals surface area contributed by atoms with Gasteiger partial charge in [0, 0.05) is 24.6 Å². The zero-order valence-electron chi connectivity index (χ0n) is 13.9. The lowest BCUT2D eigenvalue weighted by molar-refractivity contribution is 0.248. The molecule has 21 heavy (non-hydrogen) atoms. The molecular weight excluding hydrogens is 268 g/mol. The number of anilines is 1. The van der Waals surface area contributed by atoms with Crippen LogP contribution in [-0.2, 0) is 11.0 Å². The summed E-state index contributed by atoms with van der Waals surface area (Å²) in [5.74, 6) is 0.675. The molecule has 3 N–H and O–H groups in total. The summed E-state index contributed by atoms with van der Waals surface area (Å²) >= 11 is 0. The van der Waals surface area contributed by atoms with E-state index in [1.54, 1.807) is 0 Å². The molecule has 1 aromatic heterocycles. The Bertz CT molecular complexity index is 481. The number of aromatic nitrogens is 2. The molecule has 120 valence electrons. The summed E-state index contributed by atoms with van der Waals surface area (Å²) in [6.07, 6.45) is 0.541. The minimum atomic E-state index is -0.283. The lowest BCUT2D eigenvalue weighted by atomic mass is 9.92. The third-order valence-electron chi connectivity index (χ3n) is 2.98. The lowest BCUT2D eigenvalue weighted by Crippen LogP contribution is -2.33. The van der Waals surface area contributed by atoms with Crippen molar-refractivity contribution in [1.82, 2.24) is 15.1 Å². The maximum Gasteiger partial charge on any atom is 0.320 e. The smallest absolute Gasteiger partial charge is 0.320 e. The van der Waals surface area contributed by atoms with Crippen molar-refractivity contribution in [1.29, 1.82) is 0 Å². The maximum atomic E-state index is 11.9. The molecule has 0 aromatic carbocycles. The van der Waals surface area contributed by atoms with Gasteiger partial charge in [0.15, 0.2) is 0 Å². The molecule has 0 aliphatic rings. The van der Waals surface area contributed by atoms with E-state index in [0.29, 0.717) is 18.8 Å². The van der Waals surface area contributed by atoms with Gasteiger partial charge in [-0.25, -0.2) is 9.48 Å². The number of urea groups is 1. The summed E-state index contributed by atoms with van der Waals surface area (Å²) in [4.78, 5) is 11.9. The zero-order chi connectivity index (χ0) is 16.3. The van der Waals surface area contributed by atoms with Gasteiger partial charge < -0.3 is 10.4 Å². The van der Waals surface area contributed by atoms with E-state index in [0.717, 1.165) is 5.69 Å². The normalized spacial score (nSPS) is 12.3. The Morgan fingerprint density at radius 1 is 1.29 bits per heavy atom. The average Bonchev–Trinajstić information content (AvgIpc) is 2.72. The predicted octanol–water partition coefficient (Wildman–Crippen LogP) is 2.44. The fraction of sp³-hybridized carbons (Fsp3) is 0.733. The van der Waals surface area contributed by atoms with Gasteiger partial charge in [-0.1, -0.05) is 20.8 Å². The van der Waals surface area contributed by atoms with Gasteiger partial charge in [-0.15, -0.1) is 0 Å². The number of carbonyl (C=O) groups excluding carboxylic acids is 1. The van der Waals surface area contributed by atoms with E-state index in [4.69, 9.17) is 5.11 Å². The van der Waals surface area contributed by atoms with E-state index in [1.165, 1.54) is 0 Å². The standard InChI is InChI=1S/C15H28N4O2/c1-14(2,3)11-10-12(19(18-11)15(4,5)6)17-13(21)16-8-7-9-20/h10,20H,7-9H2,1-6H3,(H2,16,17,21). The highest BCUT2D eigenvalue weighted by molar-refractivity contribution is 5.88. The van der Waals surface area contributed by atoms with E-state index >= 15 is 0 Å². The minimum Gasteiger partial charge on any atom is -0.396 e. The monoisotopic (exact) mass is 296 g/mol. The first kappa shape index (κ1) is 17.5. The molecule has 0 atom stereocenters. The van der Waals surface area contributed by atoms with Crippen LogP contribution in [0.25, 0.3) is 0 Å². The highest BCUT2D eigenvalue weighted by Crippen LogP contribution is 2.28. The Balaban J connectivity index is 2.94. The number of rotatable bonds is 4. The summed E-state index contributed by atoms with van der Waals surface area (Å²) < 4.78 is 1.83. The van der Waals surface area contributed by atoms with Gasteiger partial charge in [-0.2, -0.15) is 5.10 Å². The largest absolute Gasteiger partial charge is 0.396 e. The van der Waals surface area contributed by atoms with Crippen LogP contribution in [0.15, 0.2) is 6.07 Å². The second-order valence-electron chi connectivity index (χ2n) is 7.21.